The van der Waals surface area contributed by atoms with Gasteiger partial charge in [-0.15, -0.1) is 21.5 Å². The maximum Gasteiger partial charge on any atom is 0.160 e. The van der Waals surface area contributed by atoms with Crippen molar-refractivity contribution in [2.24, 2.45) is 4.99 Å². The molecule has 2 aliphatic heterocycles. The standard InChI is InChI=1S/C18H17N5S/c1-11-21-22-15-10-20-17(12-5-3-2-4-6-12)16-13-7-8-19-9-14(13)24-18(16)23(11)15/h2-6,19H,7-10H2,1H3. The Morgan fingerprint density at radius 1 is 1.17 bits per heavy atom. The number of benzene rings is 1. The predicted octanol–water partition coefficient (Wildman–Crippen LogP) is 2.63. The smallest absolute Gasteiger partial charge is 0.160 e. The van der Waals surface area contributed by atoms with Gasteiger partial charge in [0.25, 0.3) is 0 Å². The maximum absolute atomic E-state index is 4.95. The second-order valence-electron chi connectivity index (χ2n) is 6.14. The zero-order chi connectivity index (χ0) is 16.1. The molecule has 5 rings (SSSR count). The molecule has 120 valence electrons. The molecule has 0 bridgehead atoms. The van der Waals surface area contributed by atoms with E-state index in [4.69, 9.17) is 4.99 Å². The number of rotatable bonds is 1. The summed E-state index contributed by atoms with van der Waals surface area (Å²) >= 11 is 1.85. The van der Waals surface area contributed by atoms with Gasteiger partial charge in [-0.3, -0.25) is 9.56 Å². The van der Waals surface area contributed by atoms with E-state index in [2.05, 4.69) is 44.3 Å². The summed E-state index contributed by atoms with van der Waals surface area (Å²) in [5.74, 6) is 1.86. The molecule has 2 aromatic heterocycles. The molecule has 1 aromatic carbocycles. The van der Waals surface area contributed by atoms with Crippen molar-refractivity contribution >= 4 is 17.0 Å². The van der Waals surface area contributed by atoms with E-state index in [0.717, 1.165) is 36.9 Å². The first-order valence-electron chi connectivity index (χ1n) is 8.19. The Hall–Kier alpha value is -2.31. The van der Waals surface area contributed by atoms with Gasteiger partial charge in [0, 0.05) is 22.5 Å². The molecule has 1 N–H and O–H groups in total. The molecule has 0 amide bonds. The Morgan fingerprint density at radius 2 is 2.04 bits per heavy atom. The summed E-state index contributed by atoms with van der Waals surface area (Å²) in [6, 6.07) is 10.5. The van der Waals surface area contributed by atoms with Gasteiger partial charge >= 0.3 is 0 Å². The summed E-state index contributed by atoms with van der Waals surface area (Å²) in [6.07, 6.45) is 1.05. The molecule has 2 aliphatic rings. The minimum absolute atomic E-state index is 0.569. The van der Waals surface area contributed by atoms with E-state index in [9.17, 15) is 0 Å². The lowest BCUT2D eigenvalue weighted by Gasteiger charge is -2.15. The SMILES string of the molecule is Cc1nnc2n1-c1sc3c(c1C(c1ccccc1)=NC2)CCNC3. The fourth-order valence-corrected chi connectivity index (χ4v) is 4.94. The molecule has 3 aromatic rings. The molecule has 0 saturated heterocycles. The van der Waals surface area contributed by atoms with Crippen LogP contribution in [0.1, 0.15) is 33.2 Å². The molecule has 0 spiro atoms. The monoisotopic (exact) mass is 335 g/mol. The molecule has 0 saturated carbocycles. The van der Waals surface area contributed by atoms with Gasteiger partial charge in [0.15, 0.2) is 5.82 Å². The van der Waals surface area contributed by atoms with Crippen LogP contribution in [0.15, 0.2) is 35.3 Å². The molecule has 0 radical (unpaired) electrons. The van der Waals surface area contributed by atoms with E-state index in [1.807, 2.05) is 24.3 Å². The van der Waals surface area contributed by atoms with Crippen molar-refractivity contribution in [2.45, 2.75) is 26.4 Å². The van der Waals surface area contributed by atoms with Crippen LogP contribution in [0.2, 0.25) is 0 Å². The van der Waals surface area contributed by atoms with Crippen molar-refractivity contribution in [3.8, 4) is 5.00 Å². The van der Waals surface area contributed by atoms with Gasteiger partial charge in [0.1, 0.15) is 17.4 Å². The van der Waals surface area contributed by atoms with E-state index in [-0.39, 0.29) is 0 Å². The highest BCUT2D eigenvalue weighted by Gasteiger charge is 2.29. The highest BCUT2D eigenvalue weighted by atomic mass is 32.1. The van der Waals surface area contributed by atoms with E-state index in [1.165, 1.54) is 26.6 Å². The average Bonchev–Trinajstić information content (AvgIpc) is 3.12. The first kappa shape index (κ1) is 14.1. The van der Waals surface area contributed by atoms with E-state index < -0.39 is 0 Å². The number of thiophene rings is 1. The fourth-order valence-electron chi connectivity index (χ4n) is 3.56. The minimum atomic E-state index is 0.569. The number of hydrogen-bond acceptors (Lipinski definition) is 5. The minimum Gasteiger partial charge on any atom is -0.312 e. The van der Waals surface area contributed by atoms with Crippen LogP contribution >= 0.6 is 11.3 Å². The molecule has 0 atom stereocenters. The lowest BCUT2D eigenvalue weighted by Crippen LogP contribution is -2.23. The highest BCUT2D eigenvalue weighted by molar-refractivity contribution is 7.15. The van der Waals surface area contributed by atoms with Gasteiger partial charge in [0.2, 0.25) is 0 Å². The van der Waals surface area contributed by atoms with Crippen molar-refractivity contribution in [1.29, 1.82) is 0 Å². The Labute approximate surface area is 144 Å². The van der Waals surface area contributed by atoms with Crippen LogP contribution < -0.4 is 5.32 Å². The van der Waals surface area contributed by atoms with Gasteiger partial charge in [-0.05, 0) is 25.5 Å². The summed E-state index contributed by atoms with van der Waals surface area (Å²) < 4.78 is 2.19. The quantitative estimate of drug-likeness (QED) is 0.744. The van der Waals surface area contributed by atoms with Crippen molar-refractivity contribution in [3.05, 3.63) is 63.5 Å². The van der Waals surface area contributed by atoms with Crippen molar-refractivity contribution < 1.29 is 0 Å². The Kier molecular flexibility index (Phi) is 3.14. The Balaban J connectivity index is 1.82. The summed E-state index contributed by atoms with van der Waals surface area (Å²) in [6.45, 7) is 4.54. The molecule has 5 nitrogen and oxygen atoms in total. The van der Waals surface area contributed by atoms with E-state index in [1.54, 1.807) is 0 Å². The van der Waals surface area contributed by atoms with Gasteiger partial charge in [-0.1, -0.05) is 30.3 Å². The van der Waals surface area contributed by atoms with E-state index in [0.29, 0.717) is 6.54 Å². The first-order valence-corrected chi connectivity index (χ1v) is 9.01. The molecule has 0 fully saturated rings. The van der Waals surface area contributed by atoms with Crippen LogP contribution in [0.25, 0.3) is 5.00 Å². The lowest BCUT2D eigenvalue weighted by atomic mass is 9.96. The molecule has 0 unspecified atom stereocenters. The lowest BCUT2D eigenvalue weighted by molar-refractivity contribution is 0.654. The molecular weight excluding hydrogens is 318 g/mol. The van der Waals surface area contributed by atoms with Crippen LogP contribution in [-0.4, -0.2) is 27.0 Å². The highest BCUT2D eigenvalue weighted by Crippen LogP contribution is 2.38. The first-order chi connectivity index (χ1) is 11.8. The number of fused-ring (bicyclic) bond motifs is 5. The van der Waals surface area contributed by atoms with Crippen LogP contribution in [0.4, 0.5) is 0 Å². The number of hydrogen-bond donors (Lipinski definition) is 1. The maximum atomic E-state index is 4.95. The normalized spacial score (nSPS) is 16.0. The Morgan fingerprint density at radius 3 is 2.92 bits per heavy atom. The molecule has 0 aliphatic carbocycles. The summed E-state index contributed by atoms with van der Waals surface area (Å²) in [4.78, 5) is 6.36. The zero-order valence-electron chi connectivity index (χ0n) is 13.4. The second kappa shape index (κ2) is 5.36. The van der Waals surface area contributed by atoms with E-state index >= 15 is 0 Å². The summed E-state index contributed by atoms with van der Waals surface area (Å²) in [7, 11) is 0. The zero-order valence-corrected chi connectivity index (χ0v) is 14.2. The number of aryl methyl sites for hydroxylation is 1. The number of nitrogens with one attached hydrogen (secondary N) is 1. The summed E-state index contributed by atoms with van der Waals surface area (Å²) in [5.41, 5.74) is 4.99. The van der Waals surface area contributed by atoms with Gasteiger partial charge < -0.3 is 5.32 Å². The molecule has 6 heteroatoms. The molecule has 4 heterocycles. The van der Waals surface area contributed by atoms with Gasteiger partial charge in [0.05, 0.1) is 5.71 Å². The Bertz CT molecular complexity index is 951. The third-order valence-electron chi connectivity index (χ3n) is 4.67. The third kappa shape index (κ3) is 2.00. The second-order valence-corrected chi connectivity index (χ2v) is 7.22. The number of aliphatic imine (C=N–C) groups is 1. The van der Waals surface area contributed by atoms with Crippen LogP contribution in [-0.2, 0) is 19.5 Å². The largest absolute Gasteiger partial charge is 0.312 e. The topological polar surface area (TPSA) is 55.1 Å². The van der Waals surface area contributed by atoms with Crippen LogP contribution in [0.5, 0.6) is 0 Å². The molecular formula is C18H17N5S. The number of aromatic nitrogens is 3. The summed E-state index contributed by atoms with van der Waals surface area (Å²) in [5, 5.41) is 13.3. The average molecular weight is 335 g/mol. The van der Waals surface area contributed by atoms with Crippen molar-refractivity contribution in [3.63, 3.8) is 0 Å². The molecule has 24 heavy (non-hydrogen) atoms. The van der Waals surface area contributed by atoms with Crippen molar-refractivity contribution in [2.75, 3.05) is 6.54 Å². The van der Waals surface area contributed by atoms with Crippen LogP contribution in [0.3, 0.4) is 0 Å². The van der Waals surface area contributed by atoms with Crippen molar-refractivity contribution in [1.82, 2.24) is 20.1 Å². The number of nitrogens with zero attached hydrogens (tertiary/aromatic N) is 4. The van der Waals surface area contributed by atoms with Gasteiger partial charge in [-0.2, -0.15) is 0 Å². The predicted molar refractivity (Wildman–Crippen MR) is 95.2 cm³/mol. The van der Waals surface area contributed by atoms with Gasteiger partial charge in [-0.25, -0.2) is 0 Å². The fraction of sp³-hybridized carbons (Fsp3) is 0.278. The van der Waals surface area contributed by atoms with Crippen LogP contribution in [0, 0.1) is 6.92 Å². The third-order valence-corrected chi connectivity index (χ3v) is 5.88.